The van der Waals surface area contributed by atoms with Gasteiger partial charge in [0.25, 0.3) is 0 Å². The van der Waals surface area contributed by atoms with Crippen LogP contribution in [0.25, 0.3) is 0 Å². The van der Waals surface area contributed by atoms with Crippen LogP contribution >= 0.6 is 0 Å². The summed E-state index contributed by atoms with van der Waals surface area (Å²) in [4.78, 5) is 18.3. The lowest BCUT2D eigenvalue weighted by molar-refractivity contribution is 0.241. The van der Waals surface area contributed by atoms with Gasteiger partial charge in [0.15, 0.2) is 0 Å². The molecule has 0 aliphatic carbocycles. The van der Waals surface area contributed by atoms with Gasteiger partial charge in [0.05, 0.1) is 0 Å². The van der Waals surface area contributed by atoms with Crippen LogP contribution in [0.15, 0.2) is 31.0 Å². The highest BCUT2D eigenvalue weighted by atomic mass is 16.2. The number of nitrogens with one attached hydrogen (secondary N) is 2. The highest BCUT2D eigenvalue weighted by molar-refractivity contribution is 5.73. The van der Waals surface area contributed by atoms with E-state index >= 15 is 0 Å². The van der Waals surface area contributed by atoms with Crippen molar-refractivity contribution in [2.24, 2.45) is 0 Å². The Morgan fingerprint density at radius 1 is 1.24 bits per heavy atom. The predicted octanol–water partition coefficient (Wildman–Crippen LogP) is 2.45. The zero-order chi connectivity index (χ0) is 14.9. The summed E-state index contributed by atoms with van der Waals surface area (Å²) in [6.07, 6.45) is 8.62. The van der Waals surface area contributed by atoms with Gasteiger partial charge < -0.3 is 15.5 Å². The molecule has 5 nitrogen and oxygen atoms in total. The zero-order valence-electron chi connectivity index (χ0n) is 12.5. The average Bonchev–Trinajstić information content (AvgIpc) is 2.80. The quantitative estimate of drug-likeness (QED) is 0.818. The molecule has 21 heavy (non-hydrogen) atoms. The number of hydrogen-bond donors (Lipinski definition) is 2. The molecule has 0 atom stereocenters. The van der Waals surface area contributed by atoms with Crippen molar-refractivity contribution in [3.8, 4) is 0 Å². The van der Waals surface area contributed by atoms with Crippen LogP contribution in [-0.2, 0) is 6.54 Å². The Hall–Kier alpha value is -2.04. The molecular formula is C16H24N4O. The fourth-order valence-corrected chi connectivity index (χ4v) is 2.42. The Balaban J connectivity index is 1.83. The van der Waals surface area contributed by atoms with E-state index in [-0.39, 0.29) is 6.03 Å². The molecule has 2 rings (SSSR count). The van der Waals surface area contributed by atoms with Crippen LogP contribution in [0.4, 0.5) is 10.6 Å². The highest BCUT2D eigenvalue weighted by Gasteiger charge is 2.10. The van der Waals surface area contributed by atoms with Crippen molar-refractivity contribution in [2.45, 2.75) is 32.2 Å². The number of rotatable bonds is 5. The third-order valence-electron chi connectivity index (χ3n) is 3.60. The van der Waals surface area contributed by atoms with Gasteiger partial charge in [-0.2, -0.15) is 0 Å². The van der Waals surface area contributed by atoms with Crippen molar-refractivity contribution < 1.29 is 4.79 Å². The molecule has 0 radical (unpaired) electrons. The summed E-state index contributed by atoms with van der Waals surface area (Å²) < 4.78 is 0. The number of carbonyl (C=O) groups excluding carboxylic acids is 1. The van der Waals surface area contributed by atoms with E-state index in [4.69, 9.17) is 0 Å². The average molecular weight is 288 g/mol. The molecule has 2 heterocycles. The Labute approximate surface area is 126 Å². The SMILES string of the molecule is C=CCNC(=O)NCc1ccc(N2CCCCCC2)nc1. The van der Waals surface area contributed by atoms with Crippen molar-refractivity contribution in [1.29, 1.82) is 0 Å². The van der Waals surface area contributed by atoms with E-state index in [0.29, 0.717) is 13.1 Å². The molecular weight excluding hydrogens is 264 g/mol. The van der Waals surface area contributed by atoms with Gasteiger partial charge in [-0.05, 0) is 24.5 Å². The molecule has 0 spiro atoms. The molecule has 0 bridgehead atoms. The Bertz CT molecular complexity index is 450. The zero-order valence-corrected chi connectivity index (χ0v) is 12.5. The number of nitrogens with zero attached hydrogens (tertiary/aromatic N) is 2. The first-order valence-corrected chi connectivity index (χ1v) is 7.62. The second kappa shape index (κ2) is 8.29. The minimum atomic E-state index is -0.188. The van der Waals surface area contributed by atoms with Gasteiger partial charge in [-0.15, -0.1) is 6.58 Å². The first-order chi connectivity index (χ1) is 10.3. The Kier molecular flexibility index (Phi) is 6.06. The fourth-order valence-electron chi connectivity index (χ4n) is 2.42. The third kappa shape index (κ3) is 5.10. The summed E-state index contributed by atoms with van der Waals surface area (Å²) in [6, 6.07) is 3.89. The maximum absolute atomic E-state index is 11.4. The molecule has 0 unspecified atom stereocenters. The molecule has 1 saturated heterocycles. The first-order valence-electron chi connectivity index (χ1n) is 7.62. The summed E-state index contributed by atoms with van der Waals surface area (Å²) in [6.45, 7) is 6.69. The van der Waals surface area contributed by atoms with Crippen LogP contribution in [0.2, 0.25) is 0 Å². The fraction of sp³-hybridized carbons (Fsp3) is 0.500. The van der Waals surface area contributed by atoms with Crippen LogP contribution in [-0.4, -0.2) is 30.6 Å². The lowest BCUT2D eigenvalue weighted by Crippen LogP contribution is -2.35. The monoisotopic (exact) mass is 288 g/mol. The molecule has 1 aliphatic heterocycles. The molecule has 0 aromatic carbocycles. The smallest absolute Gasteiger partial charge is 0.315 e. The summed E-state index contributed by atoms with van der Waals surface area (Å²) in [5, 5.41) is 5.47. The van der Waals surface area contributed by atoms with E-state index in [0.717, 1.165) is 24.5 Å². The molecule has 2 amide bonds. The summed E-state index contributed by atoms with van der Waals surface area (Å²) in [7, 11) is 0. The number of carbonyl (C=O) groups is 1. The Morgan fingerprint density at radius 2 is 2.00 bits per heavy atom. The molecule has 1 fully saturated rings. The second-order valence-corrected chi connectivity index (χ2v) is 5.28. The van der Waals surface area contributed by atoms with Crippen molar-refractivity contribution in [3.05, 3.63) is 36.5 Å². The largest absolute Gasteiger partial charge is 0.357 e. The lowest BCUT2D eigenvalue weighted by Gasteiger charge is -2.21. The highest BCUT2D eigenvalue weighted by Crippen LogP contribution is 2.17. The van der Waals surface area contributed by atoms with E-state index in [1.165, 1.54) is 25.7 Å². The molecule has 1 aliphatic rings. The van der Waals surface area contributed by atoms with Crippen LogP contribution < -0.4 is 15.5 Å². The maximum Gasteiger partial charge on any atom is 0.315 e. The number of anilines is 1. The Morgan fingerprint density at radius 3 is 2.62 bits per heavy atom. The van der Waals surface area contributed by atoms with E-state index in [2.05, 4.69) is 27.1 Å². The standard InChI is InChI=1S/C16H24N4O/c1-2-9-17-16(21)19-13-14-7-8-15(18-12-14)20-10-5-3-4-6-11-20/h2,7-8,12H,1,3-6,9-11,13H2,(H2,17,19,21). The van der Waals surface area contributed by atoms with E-state index in [1.54, 1.807) is 6.08 Å². The topological polar surface area (TPSA) is 57.3 Å². The molecule has 1 aromatic rings. The van der Waals surface area contributed by atoms with Gasteiger partial charge in [0, 0.05) is 32.4 Å². The number of amides is 2. The lowest BCUT2D eigenvalue weighted by atomic mass is 10.2. The molecule has 114 valence electrons. The third-order valence-corrected chi connectivity index (χ3v) is 3.60. The molecule has 1 aromatic heterocycles. The number of pyridine rings is 1. The molecule has 0 saturated carbocycles. The maximum atomic E-state index is 11.4. The molecule has 2 N–H and O–H groups in total. The van der Waals surface area contributed by atoms with E-state index < -0.39 is 0 Å². The van der Waals surface area contributed by atoms with Crippen molar-refractivity contribution in [3.63, 3.8) is 0 Å². The van der Waals surface area contributed by atoms with Crippen LogP contribution in [0.5, 0.6) is 0 Å². The van der Waals surface area contributed by atoms with E-state index in [1.807, 2.05) is 18.3 Å². The first kappa shape index (κ1) is 15.4. The second-order valence-electron chi connectivity index (χ2n) is 5.28. The van der Waals surface area contributed by atoms with E-state index in [9.17, 15) is 4.79 Å². The predicted molar refractivity (Wildman–Crippen MR) is 85.4 cm³/mol. The summed E-state index contributed by atoms with van der Waals surface area (Å²) in [5.41, 5.74) is 1.00. The van der Waals surface area contributed by atoms with Gasteiger partial charge >= 0.3 is 6.03 Å². The number of aromatic nitrogens is 1. The van der Waals surface area contributed by atoms with Crippen LogP contribution in [0.3, 0.4) is 0 Å². The van der Waals surface area contributed by atoms with Crippen molar-refractivity contribution >= 4 is 11.8 Å². The number of urea groups is 1. The van der Waals surface area contributed by atoms with Gasteiger partial charge in [-0.25, -0.2) is 9.78 Å². The minimum Gasteiger partial charge on any atom is -0.357 e. The minimum absolute atomic E-state index is 0.188. The van der Waals surface area contributed by atoms with Gasteiger partial charge in [0.1, 0.15) is 5.82 Å². The van der Waals surface area contributed by atoms with Gasteiger partial charge in [-0.3, -0.25) is 0 Å². The van der Waals surface area contributed by atoms with Crippen molar-refractivity contribution in [1.82, 2.24) is 15.6 Å². The van der Waals surface area contributed by atoms with Crippen LogP contribution in [0.1, 0.15) is 31.2 Å². The van der Waals surface area contributed by atoms with Crippen molar-refractivity contribution in [2.75, 3.05) is 24.5 Å². The van der Waals surface area contributed by atoms with Gasteiger partial charge in [-0.1, -0.05) is 25.0 Å². The van der Waals surface area contributed by atoms with Gasteiger partial charge in [0.2, 0.25) is 0 Å². The normalized spacial score (nSPS) is 15.1. The molecule has 5 heteroatoms. The summed E-state index contributed by atoms with van der Waals surface area (Å²) >= 11 is 0. The van der Waals surface area contributed by atoms with Crippen LogP contribution in [0, 0.1) is 0 Å². The summed E-state index contributed by atoms with van der Waals surface area (Å²) in [5.74, 6) is 1.04. The number of hydrogen-bond acceptors (Lipinski definition) is 3.